The molecule has 3 N–H and O–H groups in total. The van der Waals surface area contributed by atoms with E-state index in [4.69, 9.17) is 10.5 Å². The van der Waals surface area contributed by atoms with E-state index in [-0.39, 0.29) is 17.2 Å². The first kappa shape index (κ1) is 12.0. The molecule has 17 heavy (non-hydrogen) atoms. The summed E-state index contributed by atoms with van der Waals surface area (Å²) in [6.07, 6.45) is 4.36. The van der Waals surface area contributed by atoms with E-state index < -0.39 is 5.82 Å². The summed E-state index contributed by atoms with van der Waals surface area (Å²) in [7, 11) is 1.69. The van der Waals surface area contributed by atoms with Gasteiger partial charge in [-0.3, -0.25) is 0 Å². The van der Waals surface area contributed by atoms with E-state index in [9.17, 15) is 4.39 Å². The second-order valence-electron chi connectivity index (χ2n) is 4.52. The molecule has 0 amide bonds. The largest absolute Gasteiger partial charge is 0.385 e. The molecule has 1 heterocycles. The van der Waals surface area contributed by atoms with Gasteiger partial charge in [0.15, 0.2) is 11.6 Å². The van der Waals surface area contributed by atoms with E-state index in [0.29, 0.717) is 6.54 Å². The highest BCUT2D eigenvalue weighted by atomic mass is 19.1. The summed E-state index contributed by atoms with van der Waals surface area (Å²) in [6, 6.07) is 0. The van der Waals surface area contributed by atoms with E-state index >= 15 is 0 Å². The van der Waals surface area contributed by atoms with Crippen LogP contribution in [0.2, 0.25) is 0 Å². The molecule has 94 valence electrons. The summed E-state index contributed by atoms with van der Waals surface area (Å²) >= 11 is 0. The highest BCUT2D eigenvalue weighted by Crippen LogP contribution is 2.48. The molecule has 0 spiro atoms. The van der Waals surface area contributed by atoms with Crippen molar-refractivity contribution in [2.24, 2.45) is 5.41 Å². The van der Waals surface area contributed by atoms with Crippen molar-refractivity contribution in [1.29, 1.82) is 0 Å². The van der Waals surface area contributed by atoms with Gasteiger partial charge in [-0.05, 0) is 24.7 Å². The molecule has 1 aliphatic rings. The average Bonchev–Trinajstić information content (AvgIpc) is 3.09. The van der Waals surface area contributed by atoms with Crippen LogP contribution in [0.15, 0.2) is 6.20 Å². The molecule has 1 saturated carbocycles. The molecule has 0 bridgehead atoms. The Morgan fingerprint density at radius 1 is 1.59 bits per heavy atom. The zero-order valence-electron chi connectivity index (χ0n) is 9.87. The lowest BCUT2D eigenvalue weighted by molar-refractivity contribution is 0.175. The molecule has 0 atom stereocenters. The number of aromatic nitrogens is 2. The Bertz CT molecular complexity index is 395. The number of methoxy groups -OCH3 is 1. The predicted octanol–water partition coefficient (Wildman–Crippen LogP) is 1.43. The lowest BCUT2D eigenvalue weighted by atomic mass is 10.0. The van der Waals surface area contributed by atoms with Gasteiger partial charge in [0.2, 0.25) is 5.95 Å². The topological polar surface area (TPSA) is 73.1 Å². The molecule has 0 radical (unpaired) electrons. The Kier molecular flexibility index (Phi) is 3.42. The summed E-state index contributed by atoms with van der Waals surface area (Å²) in [4.78, 5) is 7.41. The smallest absolute Gasteiger partial charge is 0.222 e. The number of nitrogens with zero attached hydrogens (tertiary/aromatic N) is 2. The lowest BCUT2D eigenvalue weighted by Crippen LogP contribution is -2.19. The van der Waals surface area contributed by atoms with Gasteiger partial charge in [-0.2, -0.15) is 4.98 Å². The maximum atomic E-state index is 13.3. The molecule has 1 aromatic rings. The number of anilines is 2. The van der Waals surface area contributed by atoms with Crippen molar-refractivity contribution in [2.75, 3.05) is 31.3 Å². The summed E-state index contributed by atoms with van der Waals surface area (Å²) < 4.78 is 18.4. The van der Waals surface area contributed by atoms with Crippen molar-refractivity contribution in [2.45, 2.75) is 19.3 Å². The molecule has 1 fully saturated rings. The zero-order chi connectivity index (χ0) is 12.3. The van der Waals surface area contributed by atoms with Gasteiger partial charge in [-0.1, -0.05) is 0 Å². The summed E-state index contributed by atoms with van der Waals surface area (Å²) in [5.74, 6) is -0.210. The van der Waals surface area contributed by atoms with Crippen molar-refractivity contribution in [3.05, 3.63) is 12.0 Å². The van der Waals surface area contributed by atoms with Crippen LogP contribution in [-0.4, -0.2) is 30.2 Å². The van der Waals surface area contributed by atoms with Crippen molar-refractivity contribution in [1.82, 2.24) is 9.97 Å². The Labute approximate surface area is 99.6 Å². The van der Waals surface area contributed by atoms with Gasteiger partial charge < -0.3 is 15.8 Å². The Morgan fingerprint density at radius 3 is 3.00 bits per heavy atom. The number of nitrogen functional groups attached to an aromatic ring is 1. The van der Waals surface area contributed by atoms with Crippen LogP contribution in [0.4, 0.5) is 16.2 Å². The Morgan fingerprint density at radius 2 is 2.35 bits per heavy atom. The molecular weight excluding hydrogens is 223 g/mol. The monoisotopic (exact) mass is 240 g/mol. The van der Waals surface area contributed by atoms with Crippen molar-refractivity contribution >= 4 is 11.8 Å². The van der Waals surface area contributed by atoms with E-state index in [1.165, 1.54) is 0 Å². The first-order chi connectivity index (χ1) is 8.15. The van der Waals surface area contributed by atoms with Gasteiger partial charge in [0.25, 0.3) is 0 Å². The van der Waals surface area contributed by atoms with Crippen LogP contribution in [0.25, 0.3) is 0 Å². The molecule has 2 rings (SSSR count). The minimum Gasteiger partial charge on any atom is -0.385 e. The van der Waals surface area contributed by atoms with E-state index in [1.54, 1.807) is 7.11 Å². The van der Waals surface area contributed by atoms with Crippen molar-refractivity contribution in [3.63, 3.8) is 0 Å². The standard InChI is InChI=1S/C11H17FN4O/c1-17-5-4-11(2-3-11)7-15-9-8(12)6-14-10(13)16-9/h6H,2-5,7H2,1H3,(H3,13,14,15,16). The van der Waals surface area contributed by atoms with Crippen molar-refractivity contribution < 1.29 is 9.13 Å². The number of hydrogen-bond donors (Lipinski definition) is 2. The van der Waals surface area contributed by atoms with Crippen LogP contribution < -0.4 is 11.1 Å². The molecule has 1 aromatic heterocycles. The fraction of sp³-hybridized carbons (Fsp3) is 0.636. The fourth-order valence-electron chi connectivity index (χ4n) is 1.79. The SMILES string of the molecule is COCCC1(CNc2nc(N)ncc2F)CC1. The van der Waals surface area contributed by atoms with Crippen LogP contribution in [0.1, 0.15) is 19.3 Å². The highest BCUT2D eigenvalue weighted by Gasteiger charge is 2.41. The molecule has 0 aliphatic heterocycles. The Hall–Kier alpha value is -1.43. The third-order valence-corrected chi connectivity index (χ3v) is 3.19. The number of rotatable bonds is 6. The molecule has 0 aromatic carbocycles. The minimum absolute atomic E-state index is 0.0793. The van der Waals surface area contributed by atoms with Crippen LogP contribution in [-0.2, 0) is 4.74 Å². The summed E-state index contributed by atoms with van der Waals surface area (Å²) in [6.45, 7) is 1.43. The number of hydrogen-bond acceptors (Lipinski definition) is 5. The van der Waals surface area contributed by atoms with Crippen molar-refractivity contribution in [3.8, 4) is 0 Å². The molecule has 6 heteroatoms. The average molecular weight is 240 g/mol. The number of ether oxygens (including phenoxy) is 1. The molecule has 0 saturated heterocycles. The fourth-order valence-corrected chi connectivity index (χ4v) is 1.79. The maximum absolute atomic E-state index is 13.3. The third kappa shape index (κ3) is 3.03. The second kappa shape index (κ2) is 4.83. The van der Waals surface area contributed by atoms with E-state index in [1.807, 2.05) is 0 Å². The summed E-state index contributed by atoms with van der Waals surface area (Å²) in [5, 5.41) is 3.00. The van der Waals surface area contributed by atoms with Crippen LogP contribution >= 0.6 is 0 Å². The van der Waals surface area contributed by atoms with Gasteiger partial charge in [0.05, 0.1) is 6.20 Å². The van der Waals surface area contributed by atoms with Gasteiger partial charge in [0.1, 0.15) is 0 Å². The van der Waals surface area contributed by atoms with Gasteiger partial charge >= 0.3 is 0 Å². The maximum Gasteiger partial charge on any atom is 0.222 e. The molecule has 5 nitrogen and oxygen atoms in total. The van der Waals surface area contributed by atoms with E-state index in [0.717, 1.165) is 32.1 Å². The number of nitrogens with two attached hydrogens (primary N) is 1. The quantitative estimate of drug-likeness (QED) is 0.786. The normalized spacial score (nSPS) is 16.8. The third-order valence-electron chi connectivity index (χ3n) is 3.19. The van der Waals surface area contributed by atoms with Crippen LogP contribution in [0, 0.1) is 11.2 Å². The lowest BCUT2D eigenvalue weighted by Gasteiger charge is -2.16. The first-order valence-corrected chi connectivity index (χ1v) is 5.66. The predicted molar refractivity (Wildman–Crippen MR) is 63.1 cm³/mol. The molecular formula is C11H17FN4O. The summed E-state index contributed by atoms with van der Waals surface area (Å²) in [5.41, 5.74) is 5.65. The molecule has 0 unspecified atom stereocenters. The minimum atomic E-state index is -0.471. The van der Waals surface area contributed by atoms with E-state index in [2.05, 4.69) is 15.3 Å². The van der Waals surface area contributed by atoms with Crippen LogP contribution in [0.5, 0.6) is 0 Å². The zero-order valence-corrected chi connectivity index (χ0v) is 9.87. The van der Waals surface area contributed by atoms with Gasteiger partial charge in [-0.25, -0.2) is 9.37 Å². The Balaban J connectivity index is 1.91. The van der Waals surface area contributed by atoms with Crippen LogP contribution in [0.3, 0.4) is 0 Å². The second-order valence-corrected chi connectivity index (χ2v) is 4.52. The van der Waals surface area contributed by atoms with Gasteiger partial charge in [0, 0.05) is 20.3 Å². The van der Waals surface area contributed by atoms with Gasteiger partial charge in [-0.15, -0.1) is 0 Å². The first-order valence-electron chi connectivity index (χ1n) is 5.66. The highest BCUT2D eigenvalue weighted by molar-refractivity contribution is 5.39. The number of nitrogens with one attached hydrogen (secondary N) is 1. The molecule has 1 aliphatic carbocycles. The number of halogens is 1.